The van der Waals surface area contributed by atoms with E-state index in [1.165, 1.54) is 5.56 Å². The number of hydrogen-bond acceptors (Lipinski definition) is 0. The van der Waals surface area contributed by atoms with Gasteiger partial charge in [0.1, 0.15) is 0 Å². The predicted octanol–water partition coefficient (Wildman–Crippen LogP) is 4.58. The van der Waals surface area contributed by atoms with Crippen molar-refractivity contribution in [2.24, 2.45) is 0 Å². The first-order valence-electron chi connectivity index (χ1n) is 4.74. The molecule has 2 heteroatoms. The topological polar surface area (TPSA) is 0 Å². The fourth-order valence-corrected chi connectivity index (χ4v) is 1.89. The number of hydrogen-bond donors (Lipinski definition) is 0. The van der Waals surface area contributed by atoms with Gasteiger partial charge in [0.25, 0.3) is 0 Å². The Labute approximate surface area is 99.5 Å². The zero-order valence-corrected chi connectivity index (χ0v) is 9.59. The fraction of sp³-hybridized carbons (Fsp3) is 0.0769. The summed E-state index contributed by atoms with van der Waals surface area (Å²) in [5.41, 5.74) is 2.30. The second-order valence-corrected chi connectivity index (χ2v) is 4.16. The first-order chi connectivity index (χ1) is 7.27. The Morgan fingerprint density at radius 3 is 2.27 bits per heavy atom. The summed E-state index contributed by atoms with van der Waals surface area (Å²) >= 11 is 12.1. The van der Waals surface area contributed by atoms with E-state index in [-0.39, 0.29) is 0 Å². The molecule has 0 aromatic heterocycles. The van der Waals surface area contributed by atoms with Gasteiger partial charge in [0.15, 0.2) is 0 Å². The van der Waals surface area contributed by atoms with Crippen LogP contribution in [0.3, 0.4) is 0 Å². The molecular weight excluding hydrogens is 227 g/mol. The van der Waals surface area contributed by atoms with E-state index in [9.17, 15) is 0 Å². The predicted molar refractivity (Wildman–Crippen MR) is 65.7 cm³/mol. The lowest BCUT2D eigenvalue weighted by Crippen LogP contribution is -1.89. The minimum atomic E-state index is 0.616. The lowest BCUT2D eigenvalue weighted by molar-refractivity contribution is 1.19. The van der Waals surface area contributed by atoms with Crippen molar-refractivity contribution in [1.29, 1.82) is 0 Å². The monoisotopic (exact) mass is 236 g/mol. The molecule has 0 unspecified atom stereocenters. The molecule has 0 bridgehead atoms. The molecule has 0 saturated carbocycles. The molecule has 0 heterocycles. The van der Waals surface area contributed by atoms with Gasteiger partial charge in [-0.05, 0) is 23.6 Å². The van der Waals surface area contributed by atoms with Crippen LogP contribution in [0.5, 0.6) is 0 Å². The maximum atomic E-state index is 6.11. The maximum absolute atomic E-state index is 6.11. The first kappa shape index (κ1) is 10.5. The summed E-state index contributed by atoms with van der Waals surface area (Å²) in [5, 5.41) is 1.27. The van der Waals surface area contributed by atoms with Crippen molar-refractivity contribution in [2.45, 2.75) is 6.42 Å². The number of benzene rings is 2. The van der Waals surface area contributed by atoms with Crippen molar-refractivity contribution in [1.82, 2.24) is 0 Å². The van der Waals surface area contributed by atoms with E-state index in [4.69, 9.17) is 23.2 Å². The highest BCUT2D eigenvalue weighted by atomic mass is 35.5. The Kier molecular flexibility index (Phi) is 3.30. The van der Waals surface area contributed by atoms with E-state index >= 15 is 0 Å². The molecule has 2 aromatic carbocycles. The Hall–Kier alpha value is -0.980. The highest BCUT2D eigenvalue weighted by Crippen LogP contribution is 2.27. The van der Waals surface area contributed by atoms with Crippen LogP contribution < -0.4 is 0 Å². The standard InChI is InChI=1S/C13H10Cl2/c14-12-8-4-7-11(13(12)15)9-10-5-2-1-3-6-10/h1-8H,9H2. The van der Waals surface area contributed by atoms with Gasteiger partial charge >= 0.3 is 0 Å². The molecule has 0 fully saturated rings. The van der Waals surface area contributed by atoms with Crippen molar-refractivity contribution in [3.05, 3.63) is 69.7 Å². The number of halogens is 2. The average molecular weight is 237 g/mol. The third kappa shape index (κ3) is 2.53. The molecule has 0 amide bonds. The van der Waals surface area contributed by atoms with Crippen LogP contribution >= 0.6 is 23.2 Å². The van der Waals surface area contributed by atoms with Gasteiger partial charge in [-0.2, -0.15) is 0 Å². The highest BCUT2D eigenvalue weighted by Gasteiger charge is 2.04. The van der Waals surface area contributed by atoms with Gasteiger partial charge in [-0.1, -0.05) is 65.7 Å². The van der Waals surface area contributed by atoms with E-state index in [1.807, 2.05) is 30.3 Å². The zero-order valence-electron chi connectivity index (χ0n) is 8.08. The van der Waals surface area contributed by atoms with Crippen molar-refractivity contribution in [3.8, 4) is 0 Å². The van der Waals surface area contributed by atoms with Crippen LogP contribution in [-0.4, -0.2) is 0 Å². The third-order valence-corrected chi connectivity index (χ3v) is 3.13. The summed E-state index contributed by atoms with van der Waals surface area (Å²) in [7, 11) is 0. The fourth-order valence-electron chi connectivity index (χ4n) is 1.50. The third-order valence-electron chi connectivity index (χ3n) is 2.27. The smallest absolute Gasteiger partial charge is 0.0627 e. The molecule has 0 aliphatic carbocycles. The van der Waals surface area contributed by atoms with Crippen LogP contribution in [0.25, 0.3) is 0 Å². The molecular formula is C13H10Cl2. The largest absolute Gasteiger partial charge is 0.0827 e. The van der Waals surface area contributed by atoms with E-state index in [0.29, 0.717) is 10.0 Å². The Balaban J connectivity index is 2.29. The molecule has 15 heavy (non-hydrogen) atoms. The minimum Gasteiger partial charge on any atom is -0.0827 e. The van der Waals surface area contributed by atoms with Crippen LogP contribution in [0.4, 0.5) is 0 Å². The molecule has 0 nitrogen and oxygen atoms in total. The number of rotatable bonds is 2. The van der Waals surface area contributed by atoms with Crippen LogP contribution in [0.1, 0.15) is 11.1 Å². The molecule has 76 valence electrons. The summed E-state index contributed by atoms with van der Waals surface area (Å²) in [4.78, 5) is 0. The molecule has 0 aliphatic rings. The molecule has 0 N–H and O–H groups in total. The summed E-state index contributed by atoms with van der Waals surface area (Å²) in [5.74, 6) is 0. The van der Waals surface area contributed by atoms with Gasteiger partial charge in [0, 0.05) is 0 Å². The molecule has 0 spiro atoms. The second-order valence-electron chi connectivity index (χ2n) is 3.38. The summed E-state index contributed by atoms with van der Waals surface area (Å²) in [6.45, 7) is 0. The Morgan fingerprint density at radius 2 is 1.53 bits per heavy atom. The van der Waals surface area contributed by atoms with Gasteiger partial charge in [0.05, 0.1) is 10.0 Å². The van der Waals surface area contributed by atoms with Crippen molar-refractivity contribution in [2.75, 3.05) is 0 Å². The maximum Gasteiger partial charge on any atom is 0.0627 e. The Bertz CT molecular complexity index is 449. The van der Waals surface area contributed by atoms with Gasteiger partial charge in [0.2, 0.25) is 0 Å². The molecule has 2 rings (SSSR count). The summed E-state index contributed by atoms with van der Waals surface area (Å²) in [6, 6.07) is 15.9. The van der Waals surface area contributed by atoms with E-state index in [0.717, 1.165) is 12.0 Å². The van der Waals surface area contributed by atoms with E-state index in [2.05, 4.69) is 12.1 Å². The molecule has 0 aliphatic heterocycles. The van der Waals surface area contributed by atoms with Crippen molar-refractivity contribution in [3.63, 3.8) is 0 Å². The minimum absolute atomic E-state index is 0.616. The van der Waals surface area contributed by atoms with Crippen LogP contribution in [0, 0.1) is 0 Å². The first-order valence-corrected chi connectivity index (χ1v) is 5.50. The van der Waals surface area contributed by atoms with E-state index in [1.54, 1.807) is 6.07 Å². The van der Waals surface area contributed by atoms with Crippen molar-refractivity contribution < 1.29 is 0 Å². The van der Waals surface area contributed by atoms with Crippen LogP contribution in [0.15, 0.2) is 48.5 Å². The summed E-state index contributed by atoms with van der Waals surface area (Å²) < 4.78 is 0. The quantitative estimate of drug-likeness (QED) is 0.716. The SMILES string of the molecule is Clc1cccc(Cc2ccccc2)c1Cl. The van der Waals surface area contributed by atoms with Crippen molar-refractivity contribution >= 4 is 23.2 Å². The van der Waals surface area contributed by atoms with Gasteiger partial charge in [-0.15, -0.1) is 0 Å². The molecule has 0 saturated heterocycles. The van der Waals surface area contributed by atoms with Gasteiger partial charge in [-0.3, -0.25) is 0 Å². The van der Waals surface area contributed by atoms with Gasteiger partial charge in [-0.25, -0.2) is 0 Å². The molecule has 0 radical (unpaired) electrons. The highest BCUT2D eigenvalue weighted by molar-refractivity contribution is 6.42. The van der Waals surface area contributed by atoms with Crippen LogP contribution in [-0.2, 0) is 6.42 Å². The lowest BCUT2D eigenvalue weighted by atomic mass is 10.1. The lowest BCUT2D eigenvalue weighted by Gasteiger charge is -2.05. The molecule has 0 atom stereocenters. The average Bonchev–Trinajstić information content (AvgIpc) is 2.26. The molecule has 2 aromatic rings. The van der Waals surface area contributed by atoms with E-state index < -0.39 is 0 Å². The Morgan fingerprint density at radius 1 is 0.800 bits per heavy atom. The van der Waals surface area contributed by atoms with Crippen LogP contribution in [0.2, 0.25) is 10.0 Å². The normalized spacial score (nSPS) is 10.3. The summed E-state index contributed by atoms with van der Waals surface area (Å²) in [6.07, 6.45) is 0.820. The zero-order chi connectivity index (χ0) is 10.7. The van der Waals surface area contributed by atoms with Gasteiger partial charge < -0.3 is 0 Å². The second kappa shape index (κ2) is 4.69.